The molecule has 1 unspecified atom stereocenters. The summed E-state index contributed by atoms with van der Waals surface area (Å²) in [6.07, 6.45) is 1.60. The molecule has 148 valence electrons. The van der Waals surface area contributed by atoms with E-state index in [-0.39, 0.29) is 17.5 Å². The van der Waals surface area contributed by atoms with E-state index in [4.69, 9.17) is 4.74 Å². The Hall–Kier alpha value is -2.19. The predicted molar refractivity (Wildman–Crippen MR) is 108 cm³/mol. The molecule has 6 nitrogen and oxygen atoms in total. The first-order chi connectivity index (χ1) is 13.5. The van der Waals surface area contributed by atoms with Gasteiger partial charge in [0.15, 0.2) is 0 Å². The van der Waals surface area contributed by atoms with Gasteiger partial charge in [-0.05, 0) is 31.2 Å². The molecule has 0 amide bonds. The van der Waals surface area contributed by atoms with Gasteiger partial charge >= 0.3 is 0 Å². The fourth-order valence-corrected chi connectivity index (χ4v) is 5.47. The SMILES string of the molecule is Cc1ccc(S(=O)(=O)N2C(=CCO)C(N3CCOCC3)c3ccccc32)cc1. The molecular formula is C21H24N2O4S. The summed E-state index contributed by atoms with van der Waals surface area (Å²) >= 11 is 0. The molecule has 4 rings (SSSR count). The van der Waals surface area contributed by atoms with Gasteiger partial charge in [0, 0.05) is 18.7 Å². The minimum Gasteiger partial charge on any atom is -0.392 e. The fraction of sp³-hybridized carbons (Fsp3) is 0.333. The fourth-order valence-electron chi connectivity index (χ4n) is 3.90. The third-order valence-electron chi connectivity index (χ3n) is 5.24. The highest BCUT2D eigenvalue weighted by molar-refractivity contribution is 7.93. The van der Waals surface area contributed by atoms with Crippen LogP contribution in [-0.4, -0.2) is 51.3 Å². The van der Waals surface area contributed by atoms with E-state index in [0.717, 1.165) is 11.1 Å². The standard InChI is InChI=1S/C21H24N2O4S/c1-16-6-8-17(9-7-16)28(25,26)23-19-5-3-2-4-18(19)21(20(23)10-13-24)22-11-14-27-15-12-22/h2-10,21,24H,11-15H2,1H3. The van der Waals surface area contributed by atoms with Gasteiger partial charge in [0.25, 0.3) is 10.0 Å². The Bertz CT molecular complexity index is 980. The number of hydrogen-bond acceptors (Lipinski definition) is 5. The van der Waals surface area contributed by atoms with Crippen molar-refractivity contribution in [3.63, 3.8) is 0 Å². The molecule has 0 aliphatic carbocycles. The van der Waals surface area contributed by atoms with Crippen molar-refractivity contribution in [1.82, 2.24) is 4.90 Å². The molecule has 2 aromatic carbocycles. The van der Waals surface area contributed by atoms with Crippen molar-refractivity contribution in [2.45, 2.75) is 17.9 Å². The molecule has 1 fully saturated rings. The summed E-state index contributed by atoms with van der Waals surface area (Å²) in [5.41, 5.74) is 3.14. The monoisotopic (exact) mass is 400 g/mol. The van der Waals surface area contributed by atoms with Crippen molar-refractivity contribution >= 4 is 15.7 Å². The molecule has 0 bridgehead atoms. The van der Waals surface area contributed by atoms with Crippen LogP contribution in [0.5, 0.6) is 0 Å². The summed E-state index contributed by atoms with van der Waals surface area (Å²) in [5.74, 6) is 0. The van der Waals surface area contributed by atoms with Crippen LogP contribution < -0.4 is 4.31 Å². The number of ether oxygens (including phenoxy) is 1. The maximum atomic E-state index is 13.6. The van der Waals surface area contributed by atoms with Gasteiger partial charge in [0.2, 0.25) is 0 Å². The van der Waals surface area contributed by atoms with Crippen molar-refractivity contribution in [2.75, 3.05) is 37.2 Å². The van der Waals surface area contributed by atoms with Crippen molar-refractivity contribution in [2.24, 2.45) is 0 Å². The minimum absolute atomic E-state index is 0.229. The third kappa shape index (κ3) is 3.24. The maximum absolute atomic E-state index is 13.6. The van der Waals surface area contributed by atoms with E-state index in [2.05, 4.69) is 4.90 Å². The second-order valence-corrected chi connectivity index (χ2v) is 8.79. The largest absolute Gasteiger partial charge is 0.392 e. The van der Waals surface area contributed by atoms with Crippen molar-refractivity contribution in [1.29, 1.82) is 0 Å². The van der Waals surface area contributed by atoms with E-state index < -0.39 is 10.0 Å². The van der Waals surface area contributed by atoms with Crippen LogP contribution >= 0.6 is 0 Å². The van der Waals surface area contributed by atoms with Crippen LogP contribution in [-0.2, 0) is 14.8 Å². The quantitative estimate of drug-likeness (QED) is 0.854. The topological polar surface area (TPSA) is 70.1 Å². The molecule has 2 heterocycles. The number of sulfonamides is 1. The molecular weight excluding hydrogens is 376 g/mol. The average Bonchev–Trinajstić information content (AvgIpc) is 3.04. The number of anilines is 1. The number of rotatable bonds is 4. The van der Waals surface area contributed by atoms with E-state index in [1.165, 1.54) is 4.31 Å². The van der Waals surface area contributed by atoms with Gasteiger partial charge < -0.3 is 9.84 Å². The second-order valence-electron chi connectivity index (χ2n) is 7.00. The summed E-state index contributed by atoms with van der Waals surface area (Å²) in [6, 6.07) is 14.2. The Kier molecular flexibility index (Phi) is 5.25. The van der Waals surface area contributed by atoms with Gasteiger partial charge in [-0.2, -0.15) is 0 Å². The number of aliphatic hydroxyl groups is 1. The molecule has 0 spiro atoms. The minimum atomic E-state index is -3.82. The van der Waals surface area contributed by atoms with Crippen LogP contribution in [0.2, 0.25) is 0 Å². The van der Waals surface area contributed by atoms with Crippen LogP contribution in [0.4, 0.5) is 5.69 Å². The Morgan fingerprint density at radius 2 is 1.79 bits per heavy atom. The van der Waals surface area contributed by atoms with Crippen LogP contribution in [0.3, 0.4) is 0 Å². The number of nitrogens with zero attached hydrogens (tertiary/aromatic N) is 2. The number of hydrogen-bond donors (Lipinski definition) is 1. The van der Waals surface area contributed by atoms with Crippen molar-refractivity contribution in [3.8, 4) is 0 Å². The number of aliphatic hydroxyl groups excluding tert-OH is 1. The molecule has 7 heteroatoms. The number of aryl methyl sites for hydroxylation is 1. The summed E-state index contributed by atoms with van der Waals surface area (Å²) in [4.78, 5) is 2.45. The summed E-state index contributed by atoms with van der Waals surface area (Å²) < 4.78 is 34.0. The molecule has 2 aromatic rings. The average molecular weight is 401 g/mol. The lowest BCUT2D eigenvalue weighted by molar-refractivity contribution is 0.0241. The normalized spacial score (nSPS) is 21.9. The van der Waals surface area contributed by atoms with Crippen LogP contribution in [0.1, 0.15) is 17.2 Å². The van der Waals surface area contributed by atoms with Gasteiger partial charge in [-0.1, -0.05) is 35.9 Å². The summed E-state index contributed by atoms with van der Waals surface area (Å²) in [7, 11) is -3.82. The molecule has 0 aromatic heterocycles. The third-order valence-corrected chi connectivity index (χ3v) is 6.99. The van der Waals surface area contributed by atoms with Crippen LogP contribution in [0.25, 0.3) is 0 Å². The predicted octanol–water partition coefficient (Wildman–Crippen LogP) is 2.45. The Labute approximate surface area is 165 Å². The van der Waals surface area contributed by atoms with Gasteiger partial charge in [-0.15, -0.1) is 0 Å². The first-order valence-electron chi connectivity index (χ1n) is 9.37. The second kappa shape index (κ2) is 7.67. The lowest BCUT2D eigenvalue weighted by Crippen LogP contribution is -2.40. The van der Waals surface area contributed by atoms with Gasteiger partial charge in [-0.3, -0.25) is 4.90 Å². The van der Waals surface area contributed by atoms with E-state index >= 15 is 0 Å². The Morgan fingerprint density at radius 3 is 2.46 bits per heavy atom. The van der Waals surface area contributed by atoms with Gasteiger partial charge in [0.1, 0.15) is 0 Å². The highest BCUT2D eigenvalue weighted by Gasteiger charge is 2.43. The van der Waals surface area contributed by atoms with Crippen LogP contribution in [0, 0.1) is 6.92 Å². The molecule has 1 atom stereocenters. The molecule has 2 aliphatic rings. The summed E-state index contributed by atoms with van der Waals surface area (Å²) in [6.45, 7) is 4.32. The highest BCUT2D eigenvalue weighted by Crippen LogP contribution is 2.48. The van der Waals surface area contributed by atoms with Gasteiger partial charge in [-0.25, -0.2) is 12.7 Å². The van der Waals surface area contributed by atoms with E-state index in [1.807, 2.05) is 31.2 Å². The molecule has 1 N–H and O–H groups in total. The number of para-hydroxylation sites is 1. The Morgan fingerprint density at radius 1 is 1.11 bits per heavy atom. The zero-order chi connectivity index (χ0) is 19.7. The van der Waals surface area contributed by atoms with E-state index in [0.29, 0.717) is 37.7 Å². The molecule has 1 saturated heterocycles. The first-order valence-corrected chi connectivity index (χ1v) is 10.8. The lowest BCUT2D eigenvalue weighted by Gasteiger charge is -2.34. The molecule has 0 radical (unpaired) electrons. The molecule has 28 heavy (non-hydrogen) atoms. The summed E-state index contributed by atoms with van der Waals surface area (Å²) in [5, 5.41) is 9.67. The zero-order valence-corrected chi connectivity index (χ0v) is 16.6. The zero-order valence-electron chi connectivity index (χ0n) is 15.8. The highest BCUT2D eigenvalue weighted by atomic mass is 32.2. The molecule has 2 aliphatic heterocycles. The number of fused-ring (bicyclic) bond motifs is 1. The van der Waals surface area contributed by atoms with E-state index in [9.17, 15) is 13.5 Å². The first kappa shape index (κ1) is 19.1. The lowest BCUT2D eigenvalue weighted by atomic mass is 10.0. The number of benzene rings is 2. The van der Waals surface area contributed by atoms with Crippen molar-refractivity contribution in [3.05, 3.63) is 71.4 Å². The molecule has 0 saturated carbocycles. The van der Waals surface area contributed by atoms with E-state index in [1.54, 1.807) is 30.3 Å². The van der Waals surface area contributed by atoms with Crippen LogP contribution in [0.15, 0.2) is 65.2 Å². The smallest absolute Gasteiger partial charge is 0.268 e. The Balaban J connectivity index is 1.86. The van der Waals surface area contributed by atoms with Gasteiger partial charge in [0.05, 0.1) is 42.1 Å². The van der Waals surface area contributed by atoms with Crippen molar-refractivity contribution < 1.29 is 18.3 Å². The maximum Gasteiger partial charge on any atom is 0.268 e. The number of morpholine rings is 1.